The summed E-state index contributed by atoms with van der Waals surface area (Å²) in [4.78, 5) is 29.5. The van der Waals surface area contributed by atoms with E-state index in [1.165, 1.54) is 0 Å². The number of carbonyl (C=O) groups excluding carboxylic acids is 2. The molecule has 0 aliphatic heterocycles. The monoisotopic (exact) mass is 308 g/mol. The third-order valence-electron chi connectivity index (χ3n) is 3.49. The first-order valence-corrected chi connectivity index (χ1v) is 7.34. The van der Waals surface area contributed by atoms with Gasteiger partial charge < -0.3 is 4.40 Å². The van der Waals surface area contributed by atoms with Gasteiger partial charge in [0.1, 0.15) is 5.69 Å². The van der Waals surface area contributed by atoms with Crippen LogP contribution < -0.4 is 5.48 Å². The van der Waals surface area contributed by atoms with Crippen LogP contribution in [-0.2, 0) is 9.63 Å². The topological polar surface area (TPSA) is 59.8 Å². The Morgan fingerprint density at radius 1 is 1.09 bits per heavy atom. The maximum atomic E-state index is 12.6. The number of hydrogen-bond acceptors (Lipinski definition) is 3. The highest BCUT2D eigenvalue weighted by Gasteiger charge is 2.24. The predicted octanol–water partition coefficient (Wildman–Crippen LogP) is 2.86. The number of rotatable bonds is 5. The van der Waals surface area contributed by atoms with E-state index in [4.69, 9.17) is 4.84 Å². The molecule has 0 radical (unpaired) electrons. The highest BCUT2D eigenvalue weighted by molar-refractivity contribution is 6.43. The number of Topliss-reactive ketones (excluding diaryl/α,β-unsaturated/α-hetero) is 1. The smallest absolute Gasteiger partial charge is 0.313 e. The van der Waals surface area contributed by atoms with E-state index < -0.39 is 11.7 Å². The molecule has 0 spiro atoms. The van der Waals surface area contributed by atoms with Crippen LogP contribution in [-0.4, -0.2) is 22.7 Å². The quantitative estimate of drug-likeness (QED) is 0.448. The van der Waals surface area contributed by atoms with Crippen LogP contribution in [0.15, 0.2) is 60.8 Å². The fourth-order valence-electron chi connectivity index (χ4n) is 2.48. The number of pyridine rings is 1. The molecule has 0 aliphatic rings. The first kappa shape index (κ1) is 15.0. The van der Waals surface area contributed by atoms with E-state index in [9.17, 15) is 9.59 Å². The van der Waals surface area contributed by atoms with Gasteiger partial charge in [0.05, 0.1) is 6.61 Å². The van der Waals surface area contributed by atoms with Crippen LogP contribution in [0.3, 0.4) is 0 Å². The molecule has 0 bridgehead atoms. The summed E-state index contributed by atoms with van der Waals surface area (Å²) in [6.07, 6.45) is 1.77. The van der Waals surface area contributed by atoms with E-state index in [1.807, 2.05) is 54.6 Å². The van der Waals surface area contributed by atoms with E-state index in [1.54, 1.807) is 17.5 Å². The second-order valence-corrected chi connectivity index (χ2v) is 4.96. The fraction of sp³-hybridized carbons (Fsp3) is 0.111. The van der Waals surface area contributed by atoms with Gasteiger partial charge in [0.25, 0.3) is 5.78 Å². The van der Waals surface area contributed by atoms with Crippen LogP contribution in [0.5, 0.6) is 0 Å². The van der Waals surface area contributed by atoms with Crippen LogP contribution in [0.1, 0.15) is 17.4 Å². The summed E-state index contributed by atoms with van der Waals surface area (Å²) < 4.78 is 1.72. The van der Waals surface area contributed by atoms with Crippen LogP contribution in [0, 0.1) is 0 Å². The van der Waals surface area contributed by atoms with E-state index in [2.05, 4.69) is 5.48 Å². The molecule has 3 aromatic rings. The van der Waals surface area contributed by atoms with Crippen molar-refractivity contribution >= 4 is 17.2 Å². The molecular formula is C18H16N2O3. The highest BCUT2D eigenvalue weighted by atomic mass is 16.6. The Balaban J connectivity index is 2.14. The van der Waals surface area contributed by atoms with Gasteiger partial charge >= 0.3 is 5.91 Å². The third-order valence-corrected chi connectivity index (χ3v) is 3.49. The summed E-state index contributed by atoms with van der Waals surface area (Å²) in [5.41, 5.74) is 4.93. The molecule has 1 amide bonds. The average molecular weight is 308 g/mol. The lowest BCUT2D eigenvalue weighted by Gasteiger charge is -2.07. The summed E-state index contributed by atoms with van der Waals surface area (Å²) >= 11 is 0. The number of fused-ring (bicyclic) bond motifs is 1. The number of aromatic nitrogens is 1. The van der Waals surface area contributed by atoms with E-state index >= 15 is 0 Å². The maximum absolute atomic E-state index is 12.6. The van der Waals surface area contributed by atoms with Gasteiger partial charge in [-0.15, -0.1) is 0 Å². The molecule has 116 valence electrons. The van der Waals surface area contributed by atoms with Crippen molar-refractivity contribution in [1.82, 2.24) is 9.88 Å². The zero-order valence-electron chi connectivity index (χ0n) is 12.7. The number of nitrogens with one attached hydrogen (secondary N) is 1. The van der Waals surface area contributed by atoms with Crippen molar-refractivity contribution in [1.29, 1.82) is 0 Å². The Hall–Kier alpha value is -2.92. The van der Waals surface area contributed by atoms with Gasteiger partial charge in [-0.1, -0.05) is 36.4 Å². The molecule has 5 nitrogen and oxygen atoms in total. The Bertz CT molecular complexity index is 853. The van der Waals surface area contributed by atoms with Crippen molar-refractivity contribution < 1.29 is 14.4 Å². The number of nitrogens with zero attached hydrogens (tertiary/aromatic N) is 1. The molecule has 2 heterocycles. The Morgan fingerprint density at radius 2 is 1.83 bits per heavy atom. The van der Waals surface area contributed by atoms with Crippen molar-refractivity contribution in [3.05, 3.63) is 66.5 Å². The molecule has 0 atom stereocenters. The first-order valence-electron chi connectivity index (χ1n) is 7.34. The molecule has 3 rings (SSSR count). The minimum absolute atomic E-state index is 0.291. The highest BCUT2D eigenvalue weighted by Crippen LogP contribution is 2.28. The van der Waals surface area contributed by atoms with Crippen molar-refractivity contribution in [2.75, 3.05) is 6.61 Å². The normalized spacial score (nSPS) is 10.7. The maximum Gasteiger partial charge on any atom is 0.317 e. The Labute approximate surface area is 133 Å². The van der Waals surface area contributed by atoms with Gasteiger partial charge in [0.2, 0.25) is 0 Å². The van der Waals surface area contributed by atoms with Crippen LogP contribution in [0.2, 0.25) is 0 Å². The number of benzene rings is 1. The van der Waals surface area contributed by atoms with Gasteiger partial charge in [0.15, 0.2) is 0 Å². The molecular weight excluding hydrogens is 292 g/mol. The summed E-state index contributed by atoms with van der Waals surface area (Å²) in [5, 5.41) is 0. The minimum Gasteiger partial charge on any atom is -0.313 e. The number of hydrogen-bond donors (Lipinski definition) is 1. The molecule has 2 aromatic heterocycles. The van der Waals surface area contributed by atoms with E-state index in [-0.39, 0.29) is 0 Å². The second kappa shape index (κ2) is 6.46. The van der Waals surface area contributed by atoms with Crippen LogP contribution in [0.4, 0.5) is 0 Å². The predicted molar refractivity (Wildman–Crippen MR) is 86.9 cm³/mol. The molecule has 1 N–H and O–H groups in total. The Kier molecular flexibility index (Phi) is 4.21. The van der Waals surface area contributed by atoms with E-state index in [0.717, 1.165) is 11.1 Å². The molecule has 23 heavy (non-hydrogen) atoms. The average Bonchev–Trinajstić information content (AvgIpc) is 2.99. The molecule has 0 saturated carbocycles. The summed E-state index contributed by atoms with van der Waals surface area (Å²) in [6, 6.07) is 17.0. The van der Waals surface area contributed by atoms with Crippen LogP contribution in [0.25, 0.3) is 16.6 Å². The fourth-order valence-corrected chi connectivity index (χ4v) is 2.48. The van der Waals surface area contributed by atoms with E-state index in [0.29, 0.717) is 17.9 Å². The van der Waals surface area contributed by atoms with Gasteiger partial charge in [0, 0.05) is 17.3 Å². The van der Waals surface area contributed by atoms with Gasteiger partial charge in [-0.2, -0.15) is 0 Å². The zero-order valence-corrected chi connectivity index (χ0v) is 12.7. The number of amides is 1. The summed E-state index contributed by atoms with van der Waals surface area (Å²) in [7, 11) is 0. The SMILES string of the molecule is CCONC(=O)C(=O)c1c(-c2ccccc2)cc2ccccn12. The summed E-state index contributed by atoms with van der Waals surface area (Å²) in [5.74, 6) is -1.42. The molecule has 5 heteroatoms. The zero-order chi connectivity index (χ0) is 16.2. The minimum atomic E-state index is -0.784. The number of hydroxylamine groups is 1. The third kappa shape index (κ3) is 2.86. The lowest BCUT2D eigenvalue weighted by molar-refractivity contribution is -0.128. The van der Waals surface area contributed by atoms with Crippen molar-refractivity contribution in [2.24, 2.45) is 0 Å². The first-order chi connectivity index (χ1) is 11.2. The molecule has 0 unspecified atom stereocenters. The van der Waals surface area contributed by atoms with Crippen molar-refractivity contribution in [2.45, 2.75) is 6.92 Å². The second-order valence-electron chi connectivity index (χ2n) is 4.96. The lowest BCUT2D eigenvalue weighted by atomic mass is 10.0. The van der Waals surface area contributed by atoms with Crippen molar-refractivity contribution in [3.8, 4) is 11.1 Å². The summed E-state index contributed by atoms with van der Waals surface area (Å²) in [6.45, 7) is 2.02. The van der Waals surface area contributed by atoms with Gasteiger partial charge in [-0.05, 0) is 30.7 Å². The van der Waals surface area contributed by atoms with Gasteiger partial charge in [-0.25, -0.2) is 5.48 Å². The number of ketones is 1. The Morgan fingerprint density at radius 3 is 2.57 bits per heavy atom. The largest absolute Gasteiger partial charge is 0.317 e. The van der Waals surface area contributed by atoms with Crippen LogP contribution >= 0.6 is 0 Å². The molecule has 0 fully saturated rings. The standard InChI is InChI=1S/C18H16N2O3/c1-2-23-19-18(22)17(21)16-15(13-8-4-3-5-9-13)12-14-10-6-7-11-20(14)16/h3-12H,2H2,1H3,(H,19,22). The van der Waals surface area contributed by atoms with Gasteiger partial charge in [-0.3, -0.25) is 14.4 Å². The number of carbonyl (C=O) groups is 2. The van der Waals surface area contributed by atoms with Crippen molar-refractivity contribution in [3.63, 3.8) is 0 Å². The molecule has 1 aromatic carbocycles. The lowest BCUT2D eigenvalue weighted by Crippen LogP contribution is -2.32. The molecule has 0 saturated heterocycles. The molecule has 0 aliphatic carbocycles.